The molecule has 1 aliphatic heterocycles. The van der Waals surface area contributed by atoms with E-state index in [0.29, 0.717) is 5.56 Å². The van der Waals surface area contributed by atoms with Crippen LogP contribution in [0.25, 0.3) is 5.65 Å². The minimum Gasteiger partial charge on any atom is -0.378 e. The maximum absolute atomic E-state index is 12.2. The van der Waals surface area contributed by atoms with Crippen LogP contribution in [0.2, 0.25) is 0 Å². The van der Waals surface area contributed by atoms with Crippen molar-refractivity contribution < 1.29 is 9.53 Å². The molecule has 0 aromatic carbocycles. The lowest BCUT2D eigenvalue weighted by molar-refractivity contribution is 0.102. The Balaban J connectivity index is 1.61. The van der Waals surface area contributed by atoms with E-state index in [2.05, 4.69) is 31.3 Å². The Hall–Kier alpha value is -3.00. The summed E-state index contributed by atoms with van der Waals surface area (Å²) in [5.74, 6) is 0.0217. The molecule has 0 bridgehead atoms. The van der Waals surface area contributed by atoms with Gasteiger partial charge in [0.2, 0.25) is 5.95 Å². The molecule has 1 fully saturated rings. The Bertz CT molecular complexity index is 902. The molecule has 3 aromatic rings. The van der Waals surface area contributed by atoms with Gasteiger partial charge in [-0.3, -0.25) is 15.1 Å². The van der Waals surface area contributed by atoms with Crippen molar-refractivity contribution in [2.24, 2.45) is 0 Å². The van der Waals surface area contributed by atoms with E-state index >= 15 is 0 Å². The summed E-state index contributed by atoms with van der Waals surface area (Å²) < 4.78 is 7.11. The van der Waals surface area contributed by atoms with Crippen LogP contribution < -0.4 is 10.2 Å². The summed E-state index contributed by atoms with van der Waals surface area (Å²) in [6.07, 6.45) is 5.08. The average Bonchev–Trinajstić information content (AvgIpc) is 3.06. The summed E-state index contributed by atoms with van der Waals surface area (Å²) in [4.78, 5) is 22.8. The van der Waals surface area contributed by atoms with Crippen molar-refractivity contribution in [1.29, 1.82) is 0 Å². The SMILES string of the molecule is Cc1cc(N2CCOCC2)cn2nc(NC(=O)c3ccncc3)nc12. The molecule has 4 rings (SSSR count). The van der Waals surface area contributed by atoms with Crippen LogP contribution in [-0.2, 0) is 4.74 Å². The lowest BCUT2D eigenvalue weighted by Gasteiger charge is -2.28. The van der Waals surface area contributed by atoms with Gasteiger partial charge < -0.3 is 9.64 Å². The van der Waals surface area contributed by atoms with E-state index < -0.39 is 0 Å². The van der Waals surface area contributed by atoms with E-state index in [4.69, 9.17) is 4.74 Å². The molecular formula is C17H18N6O2. The van der Waals surface area contributed by atoms with E-state index in [0.717, 1.165) is 43.2 Å². The quantitative estimate of drug-likeness (QED) is 0.779. The number of hydrogen-bond donors (Lipinski definition) is 1. The molecule has 0 spiro atoms. The van der Waals surface area contributed by atoms with Gasteiger partial charge in [-0.15, -0.1) is 5.10 Å². The van der Waals surface area contributed by atoms with Crippen LogP contribution in [0.5, 0.6) is 0 Å². The molecule has 0 saturated carbocycles. The van der Waals surface area contributed by atoms with E-state index in [1.807, 2.05) is 13.1 Å². The number of ether oxygens (including phenoxy) is 1. The highest BCUT2D eigenvalue weighted by atomic mass is 16.5. The van der Waals surface area contributed by atoms with Gasteiger partial charge in [0.1, 0.15) is 0 Å². The number of anilines is 2. The number of fused-ring (bicyclic) bond motifs is 1. The van der Waals surface area contributed by atoms with Crippen LogP contribution in [-0.4, -0.2) is 51.8 Å². The van der Waals surface area contributed by atoms with Crippen molar-refractivity contribution in [1.82, 2.24) is 19.6 Å². The molecular weight excluding hydrogens is 320 g/mol. The number of carbonyl (C=O) groups is 1. The Kier molecular flexibility index (Phi) is 4.02. The monoisotopic (exact) mass is 338 g/mol. The van der Waals surface area contributed by atoms with Gasteiger partial charge in [0.05, 0.1) is 25.1 Å². The smallest absolute Gasteiger partial charge is 0.258 e. The largest absolute Gasteiger partial charge is 0.378 e. The molecule has 1 saturated heterocycles. The van der Waals surface area contributed by atoms with Crippen molar-refractivity contribution in [2.75, 3.05) is 36.5 Å². The Morgan fingerprint density at radius 2 is 2.00 bits per heavy atom. The molecule has 0 atom stereocenters. The van der Waals surface area contributed by atoms with Gasteiger partial charge in [0.15, 0.2) is 5.65 Å². The summed E-state index contributed by atoms with van der Waals surface area (Å²) in [5, 5.41) is 7.13. The fraction of sp³-hybridized carbons (Fsp3) is 0.294. The normalized spacial score (nSPS) is 14.7. The average molecular weight is 338 g/mol. The number of carbonyl (C=O) groups excluding carboxylic acids is 1. The van der Waals surface area contributed by atoms with Gasteiger partial charge in [-0.05, 0) is 30.7 Å². The Morgan fingerprint density at radius 3 is 2.76 bits per heavy atom. The third-order valence-corrected chi connectivity index (χ3v) is 4.15. The highest BCUT2D eigenvalue weighted by molar-refractivity contribution is 6.03. The summed E-state index contributed by atoms with van der Waals surface area (Å²) in [6.45, 7) is 5.14. The fourth-order valence-corrected chi connectivity index (χ4v) is 2.86. The Labute approximate surface area is 144 Å². The maximum atomic E-state index is 12.2. The second-order valence-electron chi connectivity index (χ2n) is 5.87. The number of hydrogen-bond acceptors (Lipinski definition) is 6. The highest BCUT2D eigenvalue weighted by Gasteiger charge is 2.15. The summed E-state index contributed by atoms with van der Waals surface area (Å²) in [6, 6.07) is 5.38. The zero-order valence-electron chi connectivity index (χ0n) is 13.8. The van der Waals surface area contributed by atoms with Crippen LogP contribution >= 0.6 is 0 Å². The van der Waals surface area contributed by atoms with Crippen molar-refractivity contribution in [3.8, 4) is 0 Å². The molecule has 1 aliphatic rings. The number of aromatic nitrogens is 4. The van der Waals surface area contributed by atoms with Crippen LogP contribution in [0.1, 0.15) is 15.9 Å². The lowest BCUT2D eigenvalue weighted by Crippen LogP contribution is -2.36. The van der Waals surface area contributed by atoms with Crippen LogP contribution in [0, 0.1) is 6.92 Å². The summed E-state index contributed by atoms with van der Waals surface area (Å²) in [5.41, 5.74) is 3.31. The highest BCUT2D eigenvalue weighted by Crippen LogP contribution is 2.21. The first-order valence-corrected chi connectivity index (χ1v) is 8.12. The molecule has 0 unspecified atom stereocenters. The molecule has 25 heavy (non-hydrogen) atoms. The molecule has 0 radical (unpaired) electrons. The second-order valence-corrected chi connectivity index (χ2v) is 5.87. The number of amides is 1. The van der Waals surface area contributed by atoms with Gasteiger partial charge in [-0.1, -0.05) is 0 Å². The van der Waals surface area contributed by atoms with E-state index in [-0.39, 0.29) is 11.9 Å². The zero-order chi connectivity index (χ0) is 17.2. The van der Waals surface area contributed by atoms with E-state index in [1.54, 1.807) is 29.0 Å². The maximum Gasteiger partial charge on any atom is 0.258 e. The van der Waals surface area contributed by atoms with Crippen molar-refractivity contribution in [3.05, 3.63) is 47.9 Å². The van der Waals surface area contributed by atoms with Gasteiger partial charge in [0, 0.05) is 31.0 Å². The lowest BCUT2D eigenvalue weighted by atomic mass is 10.2. The van der Waals surface area contributed by atoms with Crippen LogP contribution in [0.15, 0.2) is 36.8 Å². The van der Waals surface area contributed by atoms with Gasteiger partial charge in [-0.2, -0.15) is 4.98 Å². The van der Waals surface area contributed by atoms with Crippen molar-refractivity contribution in [3.63, 3.8) is 0 Å². The second kappa shape index (κ2) is 6.48. The molecule has 128 valence electrons. The first kappa shape index (κ1) is 15.5. The summed E-state index contributed by atoms with van der Waals surface area (Å²) >= 11 is 0. The van der Waals surface area contributed by atoms with Gasteiger partial charge in [-0.25, -0.2) is 4.52 Å². The Morgan fingerprint density at radius 1 is 1.24 bits per heavy atom. The van der Waals surface area contributed by atoms with E-state index in [1.165, 1.54) is 0 Å². The third kappa shape index (κ3) is 3.16. The molecule has 0 aliphatic carbocycles. The van der Waals surface area contributed by atoms with Crippen molar-refractivity contribution in [2.45, 2.75) is 6.92 Å². The summed E-state index contributed by atoms with van der Waals surface area (Å²) in [7, 11) is 0. The fourth-order valence-electron chi connectivity index (χ4n) is 2.86. The predicted molar refractivity (Wildman–Crippen MR) is 92.9 cm³/mol. The number of pyridine rings is 2. The topological polar surface area (TPSA) is 84.7 Å². The first-order chi connectivity index (χ1) is 12.2. The minimum atomic E-state index is -0.260. The standard InChI is InChI=1S/C17H18N6O2/c1-12-10-14(22-6-8-25-9-7-22)11-23-15(12)19-17(21-23)20-16(24)13-2-4-18-5-3-13/h2-5,10-11H,6-9H2,1H3,(H,20,21,24). The number of nitrogens with zero attached hydrogens (tertiary/aromatic N) is 5. The van der Waals surface area contributed by atoms with Crippen molar-refractivity contribution >= 4 is 23.2 Å². The molecule has 3 aromatic heterocycles. The van der Waals surface area contributed by atoms with Crippen LogP contribution in [0.3, 0.4) is 0 Å². The van der Waals surface area contributed by atoms with E-state index in [9.17, 15) is 4.79 Å². The number of aryl methyl sites for hydroxylation is 1. The zero-order valence-corrected chi connectivity index (χ0v) is 13.8. The number of rotatable bonds is 3. The van der Waals surface area contributed by atoms with Gasteiger partial charge in [0.25, 0.3) is 5.91 Å². The molecule has 8 nitrogen and oxygen atoms in total. The third-order valence-electron chi connectivity index (χ3n) is 4.15. The van der Waals surface area contributed by atoms with Gasteiger partial charge >= 0.3 is 0 Å². The molecule has 1 amide bonds. The molecule has 8 heteroatoms. The molecule has 4 heterocycles. The number of morpholine rings is 1. The molecule has 1 N–H and O–H groups in total. The number of nitrogens with one attached hydrogen (secondary N) is 1. The first-order valence-electron chi connectivity index (χ1n) is 8.12. The minimum absolute atomic E-state index is 0.260. The van der Waals surface area contributed by atoms with Crippen LogP contribution in [0.4, 0.5) is 11.6 Å². The predicted octanol–water partition coefficient (Wildman–Crippen LogP) is 1.52.